The Balaban J connectivity index is 1.58. The fraction of sp³-hybridized carbons (Fsp3) is 0.0455. The number of nitrogen functional groups attached to an aromatic ring is 1. The first-order chi connectivity index (χ1) is 13.5. The molecule has 3 aromatic rings. The van der Waals surface area contributed by atoms with Gasteiger partial charge in [-0.25, -0.2) is 10.2 Å². The predicted molar refractivity (Wildman–Crippen MR) is 108 cm³/mol. The van der Waals surface area contributed by atoms with Gasteiger partial charge in [0.1, 0.15) is 5.75 Å². The molecule has 3 N–H and O–H groups in total. The van der Waals surface area contributed by atoms with Gasteiger partial charge in [-0.15, -0.1) is 0 Å². The number of ether oxygens (including phenoxy) is 1. The summed E-state index contributed by atoms with van der Waals surface area (Å²) >= 11 is 0. The summed E-state index contributed by atoms with van der Waals surface area (Å²) < 4.78 is 5.36. The summed E-state index contributed by atoms with van der Waals surface area (Å²) in [5.74, 6) is -0.388. The minimum Gasteiger partial charge on any atom is -0.423 e. The molecular weight excluding hydrogens is 354 g/mol. The van der Waals surface area contributed by atoms with Crippen molar-refractivity contribution in [2.24, 2.45) is 5.10 Å². The number of carbonyl (C=O) groups excluding carboxylic acids is 2. The molecule has 6 nitrogen and oxygen atoms in total. The second-order valence-corrected chi connectivity index (χ2v) is 6.11. The number of esters is 1. The highest BCUT2D eigenvalue weighted by molar-refractivity contribution is 5.99. The Morgan fingerprint density at radius 1 is 1.00 bits per heavy atom. The maximum atomic E-state index is 12.2. The molecule has 0 radical (unpaired) electrons. The number of nitrogens with zero attached hydrogens (tertiary/aromatic N) is 1. The van der Waals surface area contributed by atoms with E-state index in [1.165, 1.54) is 6.21 Å². The van der Waals surface area contributed by atoms with Crippen molar-refractivity contribution in [3.05, 3.63) is 95.1 Å². The first kappa shape index (κ1) is 18.8. The maximum absolute atomic E-state index is 12.2. The molecule has 0 heterocycles. The molecule has 0 spiro atoms. The summed E-state index contributed by atoms with van der Waals surface area (Å²) in [4.78, 5) is 24.2. The molecule has 0 saturated carbocycles. The highest BCUT2D eigenvalue weighted by atomic mass is 16.5. The minimum absolute atomic E-state index is 0.359. The first-order valence-electron chi connectivity index (χ1n) is 8.60. The topological polar surface area (TPSA) is 93.8 Å². The summed E-state index contributed by atoms with van der Waals surface area (Å²) in [6.07, 6.45) is 1.49. The lowest BCUT2D eigenvalue weighted by Crippen LogP contribution is -2.18. The van der Waals surface area contributed by atoms with Crippen LogP contribution in [0.15, 0.2) is 77.9 Å². The van der Waals surface area contributed by atoms with Gasteiger partial charge < -0.3 is 10.5 Å². The Bertz CT molecular complexity index is 1030. The number of benzene rings is 3. The zero-order chi connectivity index (χ0) is 19.9. The number of nitrogens with one attached hydrogen (secondary N) is 1. The van der Waals surface area contributed by atoms with Crippen molar-refractivity contribution >= 4 is 23.8 Å². The zero-order valence-corrected chi connectivity index (χ0v) is 15.3. The molecule has 3 aromatic carbocycles. The summed E-state index contributed by atoms with van der Waals surface area (Å²) in [5.41, 5.74) is 11.1. The molecule has 28 heavy (non-hydrogen) atoms. The molecular formula is C22H19N3O3. The Morgan fingerprint density at radius 3 is 2.46 bits per heavy atom. The molecule has 1 amide bonds. The van der Waals surface area contributed by atoms with E-state index in [1.54, 1.807) is 60.7 Å². The fourth-order valence-corrected chi connectivity index (χ4v) is 2.49. The normalized spacial score (nSPS) is 10.6. The van der Waals surface area contributed by atoms with Crippen molar-refractivity contribution in [3.63, 3.8) is 0 Å². The van der Waals surface area contributed by atoms with Crippen molar-refractivity contribution in [2.75, 3.05) is 5.73 Å². The molecule has 0 aliphatic carbocycles. The molecule has 0 aliphatic rings. The standard InChI is InChI=1S/C22H19N3O3/c1-15-5-4-6-17(13-15)22(27)28-18-11-9-16(10-12-18)14-24-25-21(26)19-7-2-3-8-20(19)23/h2-14H,23H2,1H3,(H,25,26)/b24-14-. The first-order valence-corrected chi connectivity index (χ1v) is 8.60. The van der Waals surface area contributed by atoms with Crippen molar-refractivity contribution < 1.29 is 14.3 Å². The molecule has 0 bridgehead atoms. The predicted octanol–water partition coefficient (Wildman–Crippen LogP) is 3.56. The number of hydrazone groups is 1. The lowest BCUT2D eigenvalue weighted by atomic mass is 10.1. The average molecular weight is 373 g/mol. The van der Waals surface area contributed by atoms with Gasteiger partial charge in [-0.05, 0) is 61.0 Å². The van der Waals surface area contributed by atoms with Gasteiger partial charge in [-0.3, -0.25) is 4.79 Å². The number of hydrogen-bond acceptors (Lipinski definition) is 5. The minimum atomic E-state index is -0.419. The average Bonchev–Trinajstić information content (AvgIpc) is 2.69. The van der Waals surface area contributed by atoms with E-state index in [0.717, 1.165) is 11.1 Å². The largest absolute Gasteiger partial charge is 0.423 e. The number of nitrogens with two attached hydrogens (primary N) is 1. The zero-order valence-electron chi connectivity index (χ0n) is 15.3. The van der Waals surface area contributed by atoms with Gasteiger partial charge in [0.2, 0.25) is 0 Å². The van der Waals surface area contributed by atoms with Crippen LogP contribution < -0.4 is 15.9 Å². The lowest BCUT2D eigenvalue weighted by Gasteiger charge is -2.05. The van der Waals surface area contributed by atoms with Gasteiger partial charge in [0.05, 0.1) is 17.3 Å². The molecule has 3 rings (SSSR count). The monoisotopic (exact) mass is 373 g/mol. The molecule has 0 aliphatic heterocycles. The number of anilines is 1. The van der Waals surface area contributed by atoms with Crippen LogP contribution in [0.1, 0.15) is 31.8 Å². The van der Waals surface area contributed by atoms with Crippen molar-refractivity contribution in [3.8, 4) is 5.75 Å². The van der Waals surface area contributed by atoms with E-state index in [1.807, 2.05) is 19.1 Å². The van der Waals surface area contributed by atoms with Crippen LogP contribution in [0.5, 0.6) is 5.75 Å². The summed E-state index contributed by atoms with van der Waals surface area (Å²) in [5, 5.41) is 3.92. The molecule has 140 valence electrons. The third kappa shape index (κ3) is 4.82. The number of amides is 1. The van der Waals surface area contributed by atoms with Crippen LogP contribution in [-0.2, 0) is 0 Å². The SMILES string of the molecule is Cc1cccc(C(=O)Oc2ccc(/C=N\NC(=O)c3ccccc3N)cc2)c1. The number of rotatable bonds is 5. The van der Waals surface area contributed by atoms with Crippen LogP contribution in [0.4, 0.5) is 5.69 Å². The van der Waals surface area contributed by atoms with Gasteiger partial charge in [-0.2, -0.15) is 5.10 Å². The second kappa shape index (κ2) is 8.64. The van der Waals surface area contributed by atoms with E-state index in [9.17, 15) is 9.59 Å². The molecule has 0 aromatic heterocycles. The van der Waals surface area contributed by atoms with Crippen LogP contribution in [0.3, 0.4) is 0 Å². The fourth-order valence-electron chi connectivity index (χ4n) is 2.49. The third-order valence-corrected chi connectivity index (χ3v) is 3.93. The number of hydrogen-bond donors (Lipinski definition) is 2. The maximum Gasteiger partial charge on any atom is 0.343 e. The van der Waals surface area contributed by atoms with Gasteiger partial charge >= 0.3 is 5.97 Å². The van der Waals surface area contributed by atoms with E-state index in [0.29, 0.717) is 22.6 Å². The summed E-state index contributed by atoms with van der Waals surface area (Å²) in [6, 6.07) is 20.7. The van der Waals surface area contributed by atoms with E-state index in [2.05, 4.69) is 10.5 Å². The van der Waals surface area contributed by atoms with Crippen LogP contribution in [0, 0.1) is 6.92 Å². The Labute approximate surface area is 162 Å². The van der Waals surface area contributed by atoms with E-state index in [4.69, 9.17) is 10.5 Å². The van der Waals surface area contributed by atoms with Crippen molar-refractivity contribution in [1.82, 2.24) is 5.43 Å². The highest BCUT2D eigenvalue weighted by Gasteiger charge is 2.09. The molecule has 6 heteroatoms. The number of carbonyl (C=O) groups is 2. The highest BCUT2D eigenvalue weighted by Crippen LogP contribution is 2.14. The third-order valence-electron chi connectivity index (χ3n) is 3.93. The van der Waals surface area contributed by atoms with Crippen molar-refractivity contribution in [2.45, 2.75) is 6.92 Å². The molecule has 0 saturated heterocycles. The van der Waals surface area contributed by atoms with E-state index in [-0.39, 0.29) is 0 Å². The van der Waals surface area contributed by atoms with Gasteiger partial charge in [0, 0.05) is 5.69 Å². The summed E-state index contributed by atoms with van der Waals surface area (Å²) in [7, 11) is 0. The van der Waals surface area contributed by atoms with E-state index < -0.39 is 11.9 Å². The van der Waals surface area contributed by atoms with Gasteiger partial charge in [0.25, 0.3) is 5.91 Å². The molecule has 0 unspecified atom stereocenters. The Morgan fingerprint density at radius 2 is 1.75 bits per heavy atom. The van der Waals surface area contributed by atoms with Gasteiger partial charge in [0.15, 0.2) is 0 Å². The number of aryl methyl sites for hydroxylation is 1. The Hall–Kier alpha value is -3.93. The quantitative estimate of drug-likeness (QED) is 0.235. The van der Waals surface area contributed by atoms with Crippen LogP contribution in [-0.4, -0.2) is 18.1 Å². The molecule has 0 fully saturated rings. The van der Waals surface area contributed by atoms with Gasteiger partial charge in [-0.1, -0.05) is 29.8 Å². The van der Waals surface area contributed by atoms with E-state index >= 15 is 0 Å². The summed E-state index contributed by atoms with van der Waals surface area (Å²) in [6.45, 7) is 1.91. The van der Waals surface area contributed by atoms with Crippen molar-refractivity contribution in [1.29, 1.82) is 0 Å². The smallest absolute Gasteiger partial charge is 0.343 e. The molecule has 0 atom stereocenters. The second-order valence-electron chi connectivity index (χ2n) is 6.11. The van der Waals surface area contributed by atoms with Crippen LogP contribution in [0.25, 0.3) is 0 Å². The number of para-hydroxylation sites is 1. The van der Waals surface area contributed by atoms with Crippen LogP contribution >= 0.6 is 0 Å². The van der Waals surface area contributed by atoms with Crippen LogP contribution in [0.2, 0.25) is 0 Å². The Kier molecular flexibility index (Phi) is 5.81. The lowest BCUT2D eigenvalue weighted by molar-refractivity contribution is 0.0734.